The predicted octanol–water partition coefficient (Wildman–Crippen LogP) is 3.94. The van der Waals surface area contributed by atoms with E-state index in [1.807, 2.05) is 41.5 Å². The topological polar surface area (TPSA) is 78.9 Å². The fraction of sp³-hybridized carbons (Fsp3) is 0.737. The molecule has 7 nitrogen and oxygen atoms in total. The number of amides is 1. The summed E-state index contributed by atoms with van der Waals surface area (Å²) in [6, 6.07) is 0. The van der Waals surface area contributed by atoms with Crippen LogP contribution in [0.25, 0.3) is 0 Å². The van der Waals surface area contributed by atoms with Gasteiger partial charge in [-0.1, -0.05) is 6.92 Å². The standard InChI is InChI=1S/C19H35N5O2S.HI/c1-9-20-17(22-11-16-14(3)23-15(4)27-16)21-10-13(2)12-24(8)18(25)26-19(5,6)7;/h13H,9-12H2,1-8H3,(H2,20,21,22);1H. The van der Waals surface area contributed by atoms with Crippen molar-refractivity contribution in [1.82, 2.24) is 20.5 Å². The largest absolute Gasteiger partial charge is 0.444 e. The van der Waals surface area contributed by atoms with Gasteiger partial charge in [-0.2, -0.15) is 0 Å². The third-order valence-corrected chi connectivity index (χ3v) is 4.69. The molecule has 28 heavy (non-hydrogen) atoms. The molecule has 1 aromatic rings. The second-order valence-electron chi connectivity index (χ2n) is 7.78. The highest BCUT2D eigenvalue weighted by molar-refractivity contribution is 14.0. The molecule has 1 heterocycles. The van der Waals surface area contributed by atoms with E-state index in [-0.39, 0.29) is 36.0 Å². The number of aryl methyl sites for hydroxylation is 2. The maximum atomic E-state index is 12.1. The molecule has 0 aliphatic carbocycles. The molecule has 0 bridgehead atoms. The molecule has 162 valence electrons. The van der Waals surface area contributed by atoms with E-state index in [1.54, 1.807) is 23.3 Å². The van der Waals surface area contributed by atoms with E-state index in [9.17, 15) is 4.79 Å². The third-order valence-electron chi connectivity index (χ3n) is 3.63. The van der Waals surface area contributed by atoms with Crippen LogP contribution in [-0.2, 0) is 11.3 Å². The molecule has 2 N–H and O–H groups in total. The van der Waals surface area contributed by atoms with Gasteiger partial charge in [-0.3, -0.25) is 0 Å². The zero-order chi connectivity index (χ0) is 20.6. The number of halogens is 1. The number of nitrogens with zero attached hydrogens (tertiary/aromatic N) is 3. The number of guanidine groups is 1. The van der Waals surface area contributed by atoms with Crippen LogP contribution < -0.4 is 10.6 Å². The van der Waals surface area contributed by atoms with Crippen molar-refractivity contribution in [3.8, 4) is 0 Å². The second-order valence-corrected chi connectivity index (χ2v) is 9.07. The van der Waals surface area contributed by atoms with Crippen LogP contribution in [0.4, 0.5) is 4.79 Å². The van der Waals surface area contributed by atoms with Gasteiger partial charge in [0.2, 0.25) is 0 Å². The Morgan fingerprint density at radius 3 is 2.46 bits per heavy atom. The van der Waals surface area contributed by atoms with E-state index in [1.165, 1.54) is 4.88 Å². The summed E-state index contributed by atoms with van der Waals surface area (Å²) in [6.45, 7) is 16.5. The van der Waals surface area contributed by atoms with Crippen molar-refractivity contribution in [2.45, 2.75) is 60.6 Å². The number of aliphatic imine (C=N–C) groups is 1. The lowest BCUT2D eigenvalue weighted by atomic mass is 10.1. The van der Waals surface area contributed by atoms with Gasteiger partial charge in [0.15, 0.2) is 5.96 Å². The molecule has 1 aromatic heterocycles. The summed E-state index contributed by atoms with van der Waals surface area (Å²) in [4.78, 5) is 24.0. The molecule has 1 rings (SSSR count). The fourth-order valence-corrected chi connectivity index (χ4v) is 3.29. The molecule has 0 fully saturated rings. The number of thiazole rings is 1. The average Bonchev–Trinajstić information content (AvgIpc) is 2.86. The average molecular weight is 526 g/mol. The van der Waals surface area contributed by atoms with Crippen molar-refractivity contribution < 1.29 is 9.53 Å². The third kappa shape index (κ3) is 10.4. The molecule has 0 radical (unpaired) electrons. The highest BCUT2D eigenvalue weighted by Gasteiger charge is 2.20. The predicted molar refractivity (Wildman–Crippen MR) is 128 cm³/mol. The van der Waals surface area contributed by atoms with E-state index in [2.05, 4.69) is 27.5 Å². The number of carbonyl (C=O) groups excluding carboxylic acids is 1. The lowest BCUT2D eigenvalue weighted by Gasteiger charge is -2.26. The molecule has 1 unspecified atom stereocenters. The minimum atomic E-state index is -0.481. The maximum absolute atomic E-state index is 12.1. The normalized spacial score (nSPS) is 12.8. The Labute approximate surface area is 190 Å². The van der Waals surface area contributed by atoms with E-state index in [0.29, 0.717) is 19.6 Å². The van der Waals surface area contributed by atoms with Gasteiger partial charge in [0, 0.05) is 31.6 Å². The van der Waals surface area contributed by atoms with Gasteiger partial charge in [0.05, 0.1) is 17.2 Å². The Bertz CT molecular complexity index is 643. The Hall–Kier alpha value is -1.10. The van der Waals surface area contributed by atoms with Crippen LogP contribution in [0.1, 0.15) is 50.2 Å². The smallest absolute Gasteiger partial charge is 0.410 e. The number of nitrogens with one attached hydrogen (secondary N) is 2. The molecule has 0 spiro atoms. The first-order chi connectivity index (χ1) is 12.5. The molecule has 0 saturated heterocycles. The summed E-state index contributed by atoms with van der Waals surface area (Å²) in [6.07, 6.45) is -0.300. The highest BCUT2D eigenvalue weighted by atomic mass is 127. The van der Waals surface area contributed by atoms with Crippen molar-refractivity contribution in [2.24, 2.45) is 10.9 Å². The first kappa shape index (κ1) is 26.9. The van der Waals surface area contributed by atoms with Crippen molar-refractivity contribution >= 4 is 47.4 Å². The van der Waals surface area contributed by atoms with Gasteiger partial charge in [0.25, 0.3) is 0 Å². The number of aromatic nitrogens is 1. The lowest BCUT2D eigenvalue weighted by molar-refractivity contribution is 0.0278. The quantitative estimate of drug-likeness (QED) is 0.321. The molecule has 0 aromatic carbocycles. The molecule has 0 aliphatic rings. The van der Waals surface area contributed by atoms with Gasteiger partial charge in [-0.25, -0.2) is 14.8 Å². The number of hydrogen-bond donors (Lipinski definition) is 2. The number of rotatable bonds is 7. The number of carbonyl (C=O) groups is 1. The molecule has 0 saturated carbocycles. The van der Waals surface area contributed by atoms with Crippen LogP contribution in [0, 0.1) is 19.8 Å². The van der Waals surface area contributed by atoms with Crippen LogP contribution in [0.3, 0.4) is 0 Å². The first-order valence-corrected chi connectivity index (χ1v) is 10.2. The van der Waals surface area contributed by atoms with Crippen LogP contribution >= 0.6 is 35.3 Å². The Morgan fingerprint density at radius 1 is 1.32 bits per heavy atom. The second kappa shape index (κ2) is 12.5. The van der Waals surface area contributed by atoms with Crippen LogP contribution in [0.2, 0.25) is 0 Å². The van der Waals surface area contributed by atoms with E-state index < -0.39 is 5.60 Å². The van der Waals surface area contributed by atoms with Gasteiger partial charge >= 0.3 is 6.09 Å². The highest BCUT2D eigenvalue weighted by Crippen LogP contribution is 2.17. The minimum Gasteiger partial charge on any atom is -0.444 e. The summed E-state index contributed by atoms with van der Waals surface area (Å²) in [7, 11) is 1.76. The molecular formula is C19H36IN5O2S. The van der Waals surface area contributed by atoms with Crippen LogP contribution in [0.15, 0.2) is 4.99 Å². The Kier molecular flexibility index (Phi) is 12.0. The molecule has 0 aliphatic heterocycles. The monoisotopic (exact) mass is 525 g/mol. The van der Waals surface area contributed by atoms with Crippen molar-refractivity contribution in [3.05, 3.63) is 15.6 Å². The van der Waals surface area contributed by atoms with Gasteiger partial charge in [-0.15, -0.1) is 35.3 Å². The van der Waals surface area contributed by atoms with Crippen LogP contribution in [-0.4, -0.2) is 54.2 Å². The molecule has 1 atom stereocenters. The van der Waals surface area contributed by atoms with Gasteiger partial charge < -0.3 is 20.3 Å². The summed E-state index contributed by atoms with van der Waals surface area (Å²) in [5.41, 5.74) is 0.564. The fourth-order valence-electron chi connectivity index (χ4n) is 2.43. The van der Waals surface area contributed by atoms with E-state index >= 15 is 0 Å². The van der Waals surface area contributed by atoms with E-state index in [0.717, 1.165) is 23.2 Å². The van der Waals surface area contributed by atoms with Crippen molar-refractivity contribution in [3.63, 3.8) is 0 Å². The molecule has 9 heteroatoms. The summed E-state index contributed by atoms with van der Waals surface area (Å²) >= 11 is 1.68. The zero-order valence-corrected chi connectivity index (χ0v) is 21.5. The summed E-state index contributed by atoms with van der Waals surface area (Å²) in [5, 5.41) is 7.68. The number of hydrogen-bond acceptors (Lipinski definition) is 5. The summed E-state index contributed by atoms with van der Waals surface area (Å²) in [5.74, 6) is 1.02. The van der Waals surface area contributed by atoms with Crippen molar-refractivity contribution in [2.75, 3.05) is 26.7 Å². The Morgan fingerprint density at radius 2 is 1.96 bits per heavy atom. The number of ether oxygens (including phenoxy) is 1. The lowest BCUT2D eigenvalue weighted by Crippen LogP contribution is -2.42. The zero-order valence-electron chi connectivity index (χ0n) is 18.4. The summed E-state index contributed by atoms with van der Waals surface area (Å²) < 4.78 is 5.39. The van der Waals surface area contributed by atoms with Gasteiger partial charge in [-0.05, 0) is 47.5 Å². The minimum absolute atomic E-state index is 0. The SMILES string of the molecule is CCNC(=NCc1sc(C)nc1C)NCC(C)CN(C)C(=O)OC(C)(C)C.I. The van der Waals surface area contributed by atoms with Crippen LogP contribution in [0.5, 0.6) is 0 Å². The van der Waals surface area contributed by atoms with Gasteiger partial charge in [0.1, 0.15) is 5.60 Å². The van der Waals surface area contributed by atoms with Crippen molar-refractivity contribution in [1.29, 1.82) is 0 Å². The molecular weight excluding hydrogens is 489 g/mol. The first-order valence-electron chi connectivity index (χ1n) is 9.41. The maximum Gasteiger partial charge on any atom is 0.410 e. The van der Waals surface area contributed by atoms with E-state index in [4.69, 9.17) is 4.74 Å². The molecule has 1 amide bonds. The Balaban J connectivity index is 0.00000729.